The first-order chi connectivity index (χ1) is 9.72. The van der Waals surface area contributed by atoms with Gasteiger partial charge in [0.15, 0.2) is 5.82 Å². The summed E-state index contributed by atoms with van der Waals surface area (Å²) >= 11 is 0. The van der Waals surface area contributed by atoms with E-state index in [1.54, 1.807) is 0 Å². The second-order valence-electron chi connectivity index (χ2n) is 5.24. The largest absolute Gasteiger partial charge is 0.481 e. The third kappa shape index (κ3) is 5.76. The first-order valence-electron chi connectivity index (χ1n) is 6.54. The number of halogens is 1. The summed E-state index contributed by atoms with van der Waals surface area (Å²) < 4.78 is 39.6. The molecule has 0 amide bonds. The highest BCUT2D eigenvalue weighted by Gasteiger charge is 2.23. The standard InChI is InChI=1S/C13H19FN2O4S/c1-9(2)6-10(7-12(17)18)8-16-21(19,20)13-11(14)4-3-5-15-13/h3-5,9-10,16H,6-8H2,1-2H3,(H,17,18). The van der Waals surface area contributed by atoms with Crippen LogP contribution in [0.1, 0.15) is 26.7 Å². The molecule has 1 rings (SSSR count). The van der Waals surface area contributed by atoms with Crippen molar-refractivity contribution in [1.29, 1.82) is 0 Å². The molecule has 8 heteroatoms. The minimum atomic E-state index is -4.09. The van der Waals surface area contributed by atoms with Crippen LogP contribution in [0.4, 0.5) is 4.39 Å². The van der Waals surface area contributed by atoms with Crippen LogP contribution in [0.25, 0.3) is 0 Å². The summed E-state index contributed by atoms with van der Waals surface area (Å²) in [5, 5.41) is 8.16. The van der Waals surface area contributed by atoms with E-state index >= 15 is 0 Å². The summed E-state index contributed by atoms with van der Waals surface area (Å²) in [5.74, 6) is -2.07. The zero-order chi connectivity index (χ0) is 16.0. The highest BCUT2D eigenvalue weighted by atomic mass is 32.2. The molecule has 0 spiro atoms. The first-order valence-corrected chi connectivity index (χ1v) is 8.02. The molecule has 0 aromatic carbocycles. The molecule has 0 saturated heterocycles. The van der Waals surface area contributed by atoms with Crippen molar-refractivity contribution in [1.82, 2.24) is 9.71 Å². The summed E-state index contributed by atoms with van der Waals surface area (Å²) in [6.45, 7) is 3.77. The van der Waals surface area contributed by atoms with Crippen molar-refractivity contribution in [2.45, 2.75) is 31.7 Å². The van der Waals surface area contributed by atoms with Crippen LogP contribution in [0, 0.1) is 17.7 Å². The van der Waals surface area contributed by atoms with Crippen molar-refractivity contribution < 1.29 is 22.7 Å². The summed E-state index contributed by atoms with van der Waals surface area (Å²) in [6.07, 6.45) is 1.59. The number of hydrogen-bond acceptors (Lipinski definition) is 4. The number of nitrogens with zero attached hydrogens (tertiary/aromatic N) is 1. The highest BCUT2D eigenvalue weighted by molar-refractivity contribution is 7.89. The van der Waals surface area contributed by atoms with E-state index in [1.165, 1.54) is 12.3 Å². The molecule has 0 aliphatic carbocycles. The molecular formula is C13H19FN2O4S. The molecule has 0 saturated carbocycles. The van der Waals surface area contributed by atoms with Gasteiger partial charge in [-0.2, -0.15) is 0 Å². The van der Waals surface area contributed by atoms with Gasteiger partial charge in [0, 0.05) is 19.2 Å². The lowest BCUT2D eigenvalue weighted by Crippen LogP contribution is -2.32. The molecule has 21 heavy (non-hydrogen) atoms. The predicted molar refractivity (Wildman–Crippen MR) is 74.6 cm³/mol. The number of hydrogen-bond donors (Lipinski definition) is 2. The van der Waals surface area contributed by atoms with Crippen molar-refractivity contribution in [3.63, 3.8) is 0 Å². The molecule has 1 aromatic heterocycles. The molecule has 1 unspecified atom stereocenters. The second-order valence-corrected chi connectivity index (χ2v) is 6.92. The van der Waals surface area contributed by atoms with Gasteiger partial charge in [0.2, 0.25) is 5.03 Å². The molecule has 1 aromatic rings. The first kappa shape index (κ1) is 17.5. The number of carboxylic acid groups (broad SMARTS) is 1. The Balaban J connectivity index is 2.78. The van der Waals surface area contributed by atoms with E-state index in [0.29, 0.717) is 6.42 Å². The number of aromatic nitrogens is 1. The van der Waals surface area contributed by atoms with Gasteiger partial charge in [-0.15, -0.1) is 0 Å². The zero-order valence-electron chi connectivity index (χ0n) is 11.9. The van der Waals surface area contributed by atoms with E-state index in [0.717, 1.165) is 6.07 Å². The maximum atomic E-state index is 13.5. The Morgan fingerprint density at radius 1 is 1.48 bits per heavy atom. The Labute approximate surface area is 123 Å². The van der Waals surface area contributed by atoms with Gasteiger partial charge < -0.3 is 5.11 Å². The maximum absolute atomic E-state index is 13.5. The Hall–Kier alpha value is -1.54. The van der Waals surface area contributed by atoms with E-state index in [2.05, 4.69) is 9.71 Å². The molecule has 0 radical (unpaired) electrons. The van der Waals surface area contributed by atoms with Crippen molar-refractivity contribution in [2.75, 3.05) is 6.54 Å². The second kappa shape index (κ2) is 7.46. The van der Waals surface area contributed by atoms with Crippen molar-refractivity contribution in [3.8, 4) is 0 Å². The predicted octanol–water partition coefficient (Wildman–Crippen LogP) is 1.64. The highest BCUT2D eigenvalue weighted by Crippen LogP contribution is 2.16. The summed E-state index contributed by atoms with van der Waals surface area (Å²) in [6, 6.07) is 2.30. The van der Waals surface area contributed by atoms with Crippen LogP contribution < -0.4 is 4.72 Å². The monoisotopic (exact) mass is 318 g/mol. The van der Waals surface area contributed by atoms with Gasteiger partial charge in [-0.1, -0.05) is 13.8 Å². The Kier molecular flexibility index (Phi) is 6.22. The molecule has 118 valence electrons. The summed E-state index contributed by atoms with van der Waals surface area (Å²) in [4.78, 5) is 14.3. The van der Waals surface area contributed by atoms with Crippen LogP contribution in [0.3, 0.4) is 0 Å². The van der Waals surface area contributed by atoms with E-state index in [9.17, 15) is 17.6 Å². The fraction of sp³-hybridized carbons (Fsp3) is 0.538. The van der Waals surface area contributed by atoms with Crippen LogP contribution in [-0.4, -0.2) is 31.0 Å². The van der Waals surface area contributed by atoms with E-state index in [1.807, 2.05) is 13.8 Å². The van der Waals surface area contributed by atoms with E-state index in [-0.39, 0.29) is 24.8 Å². The van der Waals surface area contributed by atoms with Gasteiger partial charge >= 0.3 is 5.97 Å². The molecule has 2 N–H and O–H groups in total. The fourth-order valence-electron chi connectivity index (χ4n) is 2.02. The molecule has 6 nitrogen and oxygen atoms in total. The van der Waals surface area contributed by atoms with Gasteiger partial charge in [-0.05, 0) is 30.4 Å². The Morgan fingerprint density at radius 2 is 2.14 bits per heavy atom. The average molecular weight is 318 g/mol. The minimum Gasteiger partial charge on any atom is -0.481 e. The van der Waals surface area contributed by atoms with Gasteiger partial charge in [-0.3, -0.25) is 4.79 Å². The molecule has 1 atom stereocenters. The minimum absolute atomic E-state index is 0.0666. The molecular weight excluding hydrogens is 299 g/mol. The average Bonchev–Trinajstić information content (AvgIpc) is 2.35. The zero-order valence-corrected chi connectivity index (χ0v) is 12.7. The number of aliphatic carboxylic acids is 1. The van der Waals surface area contributed by atoms with E-state index < -0.39 is 26.8 Å². The normalized spacial score (nSPS) is 13.3. The quantitative estimate of drug-likeness (QED) is 0.759. The van der Waals surface area contributed by atoms with Gasteiger partial charge in [-0.25, -0.2) is 22.5 Å². The van der Waals surface area contributed by atoms with Gasteiger partial charge in [0.1, 0.15) is 0 Å². The Bertz CT molecular complexity index is 590. The van der Waals surface area contributed by atoms with Crippen molar-refractivity contribution in [2.24, 2.45) is 11.8 Å². The maximum Gasteiger partial charge on any atom is 0.303 e. The molecule has 0 fully saturated rings. The van der Waals surface area contributed by atoms with Gasteiger partial charge in [0.25, 0.3) is 10.0 Å². The van der Waals surface area contributed by atoms with Crippen LogP contribution in [0.15, 0.2) is 23.4 Å². The van der Waals surface area contributed by atoms with Crippen LogP contribution in [0.5, 0.6) is 0 Å². The fourth-order valence-corrected chi connectivity index (χ4v) is 3.13. The SMILES string of the molecule is CC(C)CC(CNS(=O)(=O)c1ncccc1F)CC(=O)O. The van der Waals surface area contributed by atoms with Gasteiger partial charge in [0.05, 0.1) is 0 Å². The number of pyridine rings is 1. The number of carbonyl (C=O) groups is 1. The topological polar surface area (TPSA) is 96.4 Å². The molecule has 0 aliphatic heterocycles. The molecule has 1 heterocycles. The third-order valence-electron chi connectivity index (χ3n) is 2.81. The smallest absolute Gasteiger partial charge is 0.303 e. The number of sulfonamides is 1. The van der Waals surface area contributed by atoms with Crippen LogP contribution in [-0.2, 0) is 14.8 Å². The summed E-state index contributed by atoms with van der Waals surface area (Å²) in [5.41, 5.74) is 0. The van der Waals surface area contributed by atoms with Crippen molar-refractivity contribution >= 4 is 16.0 Å². The lowest BCUT2D eigenvalue weighted by molar-refractivity contribution is -0.138. The number of rotatable bonds is 8. The molecule has 0 bridgehead atoms. The van der Waals surface area contributed by atoms with E-state index in [4.69, 9.17) is 5.11 Å². The van der Waals surface area contributed by atoms with Crippen LogP contribution >= 0.6 is 0 Å². The molecule has 0 aliphatic rings. The lowest BCUT2D eigenvalue weighted by atomic mass is 9.94. The van der Waals surface area contributed by atoms with Crippen LogP contribution in [0.2, 0.25) is 0 Å². The Morgan fingerprint density at radius 3 is 2.67 bits per heavy atom. The number of nitrogens with one attached hydrogen (secondary N) is 1. The summed E-state index contributed by atoms with van der Waals surface area (Å²) in [7, 11) is -4.09. The lowest BCUT2D eigenvalue weighted by Gasteiger charge is -2.17. The van der Waals surface area contributed by atoms with Crippen molar-refractivity contribution in [3.05, 3.63) is 24.1 Å². The third-order valence-corrected chi connectivity index (χ3v) is 4.17. The number of carboxylic acids is 1.